The zero-order chi connectivity index (χ0) is 14.4. The predicted molar refractivity (Wildman–Crippen MR) is 70.9 cm³/mol. The first-order valence-corrected chi connectivity index (χ1v) is 5.98. The molecule has 2 N–H and O–H groups in total. The fraction of sp³-hybridized carbons (Fsp3) is 0.385. The summed E-state index contributed by atoms with van der Waals surface area (Å²) in [5.74, 6) is -1.25. The van der Waals surface area contributed by atoms with Crippen LogP contribution in [0.5, 0.6) is 5.75 Å². The lowest BCUT2D eigenvalue weighted by Gasteiger charge is -2.23. The van der Waals surface area contributed by atoms with Gasteiger partial charge in [-0.25, -0.2) is 0 Å². The Hall–Kier alpha value is -2.08. The fourth-order valence-electron chi connectivity index (χ4n) is 1.60. The highest BCUT2D eigenvalue weighted by Gasteiger charge is 2.24. The van der Waals surface area contributed by atoms with Crippen LogP contribution in [-0.4, -0.2) is 53.7 Å². The van der Waals surface area contributed by atoms with Gasteiger partial charge in [0.1, 0.15) is 5.75 Å². The summed E-state index contributed by atoms with van der Waals surface area (Å²) in [6.07, 6.45) is 0. The van der Waals surface area contributed by atoms with E-state index in [1.54, 1.807) is 19.1 Å². The van der Waals surface area contributed by atoms with Gasteiger partial charge in [0.2, 0.25) is 0 Å². The molecule has 0 heterocycles. The lowest BCUT2D eigenvalue weighted by Crippen LogP contribution is -2.44. The first-order chi connectivity index (χ1) is 9.01. The molecule has 0 spiro atoms. The van der Waals surface area contributed by atoms with Crippen molar-refractivity contribution < 1.29 is 19.8 Å². The minimum Gasteiger partial charge on any atom is -0.508 e. The predicted octanol–water partition coefficient (Wildman–Crippen LogP) is 0.196. The third-order valence-electron chi connectivity index (χ3n) is 2.76. The van der Waals surface area contributed by atoms with Gasteiger partial charge in [0.15, 0.2) is 0 Å². The Balaban J connectivity index is 2.81. The molecule has 0 aliphatic rings. The monoisotopic (exact) mass is 266 g/mol. The normalized spacial score (nSPS) is 10.1. The second-order valence-corrected chi connectivity index (χ2v) is 3.99. The van der Waals surface area contributed by atoms with Gasteiger partial charge in [-0.15, -0.1) is 0 Å². The first kappa shape index (κ1) is 15.0. The van der Waals surface area contributed by atoms with E-state index in [1.165, 1.54) is 29.0 Å². The summed E-state index contributed by atoms with van der Waals surface area (Å²) < 4.78 is 0. The van der Waals surface area contributed by atoms with Gasteiger partial charge in [-0.1, -0.05) is 0 Å². The molecule has 0 saturated heterocycles. The third kappa shape index (κ3) is 3.69. The summed E-state index contributed by atoms with van der Waals surface area (Å²) >= 11 is 0. The zero-order valence-corrected chi connectivity index (χ0v) is 11.0. The van der Waals surface area contributed by atoms with Gasteiger partial charge < -0.3 is 20.0 Å². The molecule has 2 amide bonds. The van der Waals surface area contributed by atoms with E-state index in [9.17, 15) is 14.7 Å². The number of phenols is 1. The zero-order valence-electron chi connectivity index (χ0n) is 11.0. The van der Waals surface area contributed by atoms with Crippen LogP contribution in [0.25, 0.3) is 0 Å². The van der Waals surface area contributed by atoms with Crippen molar-refractivity contribution in [1.82, 2.24) is 4.90 Å². The summed E-state index contributed by atoms with van der Waals surface area (Å²) in [5.41, 5.74) is 0.510. The van der Waals surface area contributed by atoms with Crippen LogP contribution in [0.1, 0.15) is 6.92 Å². The van der Waals surface area contributed by atoms with E-state index in [0.29, 0.717) is 12.2 Å². The number of benzene rings is 1. The SMILES string of the molecule is CCN(CCO)C(=O)C(=O)N(C)c1ccc(O)cc1. The van der Waals surface area contributed by atoms with Crippen LogP contribution in [0.15, 0.2) is 24.3 Å². The smallest absolute Gasteiger partial charge is 0.316 e. The van der Waals surface area contributed by atoms with E-state index in [4.69, 9.17) is 5.11 Å². The number of carbonyl (C=O) groups excluding carboxylic acids is 2. The number of nitrogens with zero attached hydrogens (tertiary/aromatic N) is 2. The molecular formula is C13H18N2O4. The van der Waals surface area contributed by atoms with Crippen molar-refractivity contribution in [1.29, 1.82) is 0 Å². The molecule has 0 aliphatic heterocycles. The van der Waals surface area contributed by atoms with Crippen LogP contribution < -0.4 is 4.90 Å². The lowest BCUT2D eigenvalue weighted by molar-refractivity contribution is -0.144. The summed E-state index contributed by atoms with van der Waals surface area (Å²) in [7, 11) is 1.49. The van der Waals surface area contributed by atoms with Crippen LogP contribution in [0.4, 0.5) is 5.69 Å². The van der Waals surface area contributed by atoms with Crippen LogP contribution in [0.3, 0.4) is 0 Å². The third-order valence-corrected chi connectivity index (χ3v) is 2.76. The van der Waals surface area contributed by atoms with Crippen LogP contribution in [-0.2, 0) is 9.59 Å². The molecule has 19 heavy (non-hydrogen) atoms. The fourth-order valence-corrected chi connectivity index (χ4v) is 1.60. The number of rotatable bonds is 4. The Kier molecular flexibility index (Phi) is 5.32. The molecule has 0 radical (unpaired) electrons. The Morgan fingerprint density at radius 2 is 1.74 bits per heavy atom. The summed E-state index contributed by atoms with van der Waals surface area (Å²) in [6.45, 7) is 2.04. The highest BCUT2D eigenvalue weighted by atomic mass is 16.3. The molecule has 104 valence electrons. The quantitative estimate of drug-likeness (QED) is 0.763. The topological polar surface area (TPSA) is 81.1 Å². The number of aliphatic hydroxyl groups is 1. The first-order valence-electron chi connectivity index (χ1n) is 5.98. The van der Waals surface area contributed by atoms with E-state index in [2.05, 4.69) is 0 Å². The highest BCUT2D eigenvalue weighted by molar-refractivity contribution is 6.40. The number of hydrogen-bond donors (Lipinski definition) is 2. The maximum absolute atomic E-state index is 12.0. The summed E-state index contributed by atoms with van der Waals surface area (Å²) in [6, 6.07) is 5.97. The largest absolute Gasteiger partial charge is 0.508 e. The molecule has 0 saturated carbocycles. The maximum atomic E-state index is 12.0. The Bertz CT molecular complexity index is 444. The molecule has 0 aliphatic carbocycles. The number of amides is 2. The Morgan fingerprint density at radius 3 is 2.21 bits per heavy atom. The van der Waals surface area contributed by atoms with Crippen LogP contribution in [0, 0.1) is 0 Å². The number of hydrogen-bond acceptors (Lipinski definition) is 4. The standard InChI is InChI=1S/C13H18N2O4/c1-3-15(8-9-16)13(19)12(18)14(2)10-4-6-11(17)7-5-10/h4-7,16-17H,3,8-9H2,1-2H3. The van der Waals surface area contributed by atoms with Gasteiger partial charge in [-0.05, 0) is 31.2 Å². The number of aromatic hydroxyl groups is 1. The van der Waals surface area contributed by atoms with Crippen LogP contribution >= 0.6 is 0 Å². The number of aliphatic hydroxyl groups excluding tert-OH is 1. The van der Waals surface area contributed by atoms with Crippen LogP contribution in [0.2, 0.25) is 0 Å². The summed E-state index contributed by atoms with van der Waals surface area (Å²) in [5, 5.41) is 18.0. The molecule has 0 unspecified atom stereocenters. The van der Waals surface area contributed by atoms with Gasteiger partial charge in [-0.2, -0.15) is 0 Å². The van der Waals surface area contributed by atoms with Crippen molar-refractivity contribution in [2.24, 2.45) is 0 Å². The molecule has 0 atom stereocenters. The molecular weight excluding hydrogens is 248 g/mol. The van der Waals surface area contributed by atoms with Crippen molar-refractivity contribution in [3.05, 3.63) is 24.3 Å². The van der Waals surface area contributed by atoms with E-state index in [0.717, 1.165) is 0 Å². The maximum Gasteiger partial charge on any atom is 0.316 e. The second kappa shape index (κ2) is 6.75. The van der Waals surface area contributed by atoms with Crippen molar-refractivity contribution >= 4 is 17.5 Å². The minimum absolute atomic E-state index is 0.0893. The molecule has 0 fully saturated rings. The van der Waals surface area contributed by atoms with E-state index in [1.807, 2.05) is 0 Å². The average molecular weight is 266 g/mol. The molecule has 1 rings (SSSR count). The van der Waals surface area contributed by atoms with Gasteiger partial charge in [0, 0.05) is 25.8 Å². The van der Waals surface area contributed by atoms with Crippen molar-refractivity contribution in [2.75, 3.05) is 31.6 Å². The number of anilines is 1. The van der Waals surface area contributed by atoms with Crippen molar-refractivity contribution in [2.45, 2.75) is 6.92 Å². The van der Waals surface area contributed by atoms with Gasteiger partial charge >= 0.3 is 11.8 Å². The lowest BCUT2D eigenvalue weighted by atomic mass is 10.2. The number of phenolic OH excluding ortho intramolecular Hbond substituents is 1. The second-order valence-electron chi connectivity index (χ2n) is 3.99. The Labute approximate surface area is 111 Å². The average Bonchev–Trinajstić information content (AvgIpc) is 2.43. The number of likely N-dealkylation sites (N-methyl/N-ethyl adjacent to an activating group) is 2. The molecule has 0 bridgehead atoms. The van der Waals surface area contributed by atoms with Gasteiger partial charge in [0.05, 0.1) is 6.61 Å². The number of carbonyl (C=O) groups is 2. The minimum atomic E-state index is -0.680. The van der Waals surface area contributed by atoms with Crippen molar-refractivity contribution in [3.8, 4) is 5.75 Å². The van der Waals surface area contributed by atoms with Gasteiger partial charge in [0.25, 0.3) is 0 Å². The molecule has 1 aromatic carbocycles. The molecule has 1 aromatic rings. The summed E-state index contributed by atoms with van der Waals surface area (Å²) in [4.78, 5) is 26.4. The Morgan fingerprint density at radius 1 is 1.16 bits per heavy atom. The van der Waals surface area contributed by atoms with E-state index >= 15 is 0 Å². The molecule has 0 aromatic heterocycles. The van der Waals surface area contributed by atoms with Gasteiger partial charge in [-0.3, -0.25) is 9.59 Å². The van der Waals surface area contributed by atoms with E-state index in [-0.39, 0.29) is 18.9 Å². The van der Waals surface area contributed by atoms with E-state index < -0.39 is 11.8 Å². The van der Waals surface area contributed by atoms with Crippen molar-refractivity contribution in [3.63, 3.8) is 0 Å². The highest BCUT2D eigenvalue weighted by Crippen LogP contribution is 2.17. The molecule has 6 nitrogen and oxygen atoms in total. The molecule has 6 heteroatoms.